The first-order valence-corrected chi connectivity index (χ1v) is 7.95. The van der Waals surface area contributed by atoms with Crippen LogP contribution in [0.3, 0.4) is 0 Å². The van der Waals surface area contributed by atoms with Gasteiger partial charge >= 0.3 is 5.97 Å². The molecule has 2 N–H and O–H groups in total. The van der Waals surface area contributed by atoms with Gasteiger partial charge in [0.25, 0.3) is 5.91 Å². The molecule has 1 aromatic carbocycles. The molecule has 1 aromatic heterocycles. The van der Waals surface area contributed by atoms with Crippen molar-refractivity contribution < 1.29 is 19.5 Å². The van der Waals surface area contributed by atoms with Gasteiger partial charge in [0, 0.05) is 24.4 Å². The average Bonchev–Trinajstić information content (AvgIpc) is 2.58. The number of carboxylic acid groups (broad SMARTS) is 1. The van der Waals surface area contributed by atoms with Crippen molar-refractivity contribution in [1.29, 1.82) is 0 Å². The van der Waals surface area contributed by atoms with E-state index in [4.69, 9.17) is 0 Å². The number of hydrogen-bond donors (Lipinski definition) is 2. The fraction of sp³-hybridized carbons (Fsp3) is 0.333. The number of carboxylic acids is 1. The van der Waals surface area contributed by atoms with Crippen LogP contribution in [0.2, 0.25) is 0 Å². The molecule has 0 aliphatic heterocycles. The number of aliphatic carboxylic acids is 1. The van der Waals surface area contributed by atoms with E-state index in [2.05, 4.69) is 10.3 Å². The maximum Gasteiger partial charge on any atom is 0.326 e. The van der Waals surface area contributed by atoms with E-state index in [-0.39, 0.29) is 18.1 Å². The standard InChI is InChI=1S/C18H18N2O4/c21-12-5-3-4-11(10-12)16(18(23)24)20-17(22)14-8-9-19-15-7-2-1-6-13(14)15/h1-2,6-9,11,16H,3-5,10H2,(H,20,22)(H,23,24)/t11-,16+/m1/s1. The summed E-state index contributed by atoms with van der Waals surface area (Å²) in [6, 6.07) is 7.70. The second kappa shape index (κ2) is 6.78. The number of pyridine rings is 1. The third-order valence-electron chi connectivity index (χ3n) is 4.44. The predicted molar refractivity (Wildman–Crippen MR) is 87.6 cm³/mol. The molecule has 1 aliphatic carbocycles. The smallest absolute Gasteiger partial charge is 0.326 e. The van der Waals surface area contributed by atoms with Gasteiger partial charge in [-0.3, -0.25) is 14.6 Å². The van der Waals surface area contributed by atoms with E-state index in [0.717, 1.165) is 0 Å². The lowest BCUT2D eigenvalue weighted by molar-refractivity contribution is -0.141. The number of nitrogens with one attached hydrogen (secondary N) is 1. The van der Waals surface area contributed by atoms with E-state index in [0.29, 0.717) is 35.7 Å². The molecule has 0 bridgehead atoms. The average molecular weight is 326 g/mol. The molecule has 1 fully saturated rings. The number of rotatable bonds is 4. The van der Waals surface area contributed by atoms with Crippen LogP contribution in [0.15, 0.2) is 36.5 Å². The Morgan fingerprint density at radius 2 is 2.04 bits per heavy atom. The van der Waals surface area contributed by atoms with Gasteiger partial charge in [-0.1, -0.05) is 18.2 Å². The molecule has 2 atom stereocenters. The number of amides is 1. The first-order valence-electron chi connectivity index (χ1n) is 7.95. The highest BCUT2D eigenvalue weighted by Gasteiger charge is 2.33. The van der Waals surface area contributed by atoms with Gasteiger partial charge in [0.2, 0.25) is 0 Å². The molecule has 6 heteroatoms. The van der Waals surface area contributed by atoms with Gasteiger partial charge in [-0.05, 0) is 30.9 Å². The zero-order valence-electron chi connectivity index (χ0n) is 13.1. The highest BCUT2D eigenvalue weighted by molar-refractivity contribution is 6.07. The summed E-state index contributed by atoms with van der Waals surface area (Å²) >= 11 is 0. The molecule has 24 heavy (non-hydrogen) atoms. The summed E-state index contributed by atoms with van der Waals surface area (Å²) in [6.07, 6.45) is 3.51. The highest BCUT2D eigenvalue weighted by Crippen LogP contribution is 2.25. The number of ketones is 1. The normalized spacial score (nSPS) is 19.0. The Bertz CT molecular complexity index is 797. The van der Waals surface area contributed by atoms with Crippen molar-refractivity contribution in [2.45, 2.75) is 31.7 Å². The van der Waals surface area contributed by atoms with Gasteiger partial charge in [0.05, 0.1) is 11.1 Å². The van der Waals surface area contributed by atoms with Gasteiger partial charge in [-0.2, -0.15) is 0 Å². The molecular weight excluding hydrogens is 308 g/mol. The Hall–Kier alpha value is -2.76. The zero-order valence-corrected chi connectivity index (χ0v) is 13.1. The van der Waals surface area contributed by atoms with E-state index >= 15 is 0 Å². The molecule has 1 heterocycles. The molecular formula is C18H18N2O4. The van der Waals surface area contributed by atoms with Crippen LogP contribution in [-0.4, -0.2) is 33.8 Å². The number of aromatic nitrogens is 1. The molecule has 3 rings (SSSR count). The summed E-state index contributed by atoms with van der Waals surface area (Å²) in [4.78, 5) is 40.0. The van der Waals surface area contributed by atoms with Gasteiger partial charge in [-0.15, -0.1) is 0 Å². The van der Waals surface area contributed by atoms with E-state index in [9.17, 15) is 19.5 Å². The molecule has 124 valence electrons. The number of nitrogens with zero attached hydrogens (tertiary/aromatic N) is 1. The summed E-state index contributed by atoms with van der Waals surface area (Å²) in [7, 11) is 0. The summed E-state index contributed by atoms with van der Waals surface area (Å²) < 4.78 is 0. The SMILES string of the molecule is O=C1CCC[C@@H]([C@H](NC(=O)c2ccnc3ccccc23)C(=O)O)C1. The van der Waals surface area contributed by atoms with Crippen molar-refractivity contribution in [2.75, 3.05) is 0 Å². The summed E-state index contributed by atoms with van der Waals surface area (Å²) in [5.74, 6) is -1.87. The van der Waals surface area contributed by atoms with E-state index in [1.54, 1.807) is 24.3 Å². The lowest BCUT2D eigenvalue weighted by Crippen LogP contribution is -2.47. The lowest BCUT2D eigenvalue weighted by Gasteiger charge is -2.27. The van der Waals surface area contributed by atoms with Gasteiger partial charge in [0.15, 0.2) is 0 Å². The van der Waals surface area contributed by atoms with Gasteiger partial charge in [0.1, 0.15) is 11.8 Å². The first kappa shape index (κ1) is 16.1. The van der Waals surface area contributed by atoms with E-state index < -0.39 is 17.9 Å². The van der Waals surface area contributed by atoms with Crippen LogP contribution in [0.25, 0.3) is 10.9 Å². The monoisotopic (exact) mass is 326 g/mol. The molecule has 1 saturated carbocycles. The number of para-hydroxylation sites is 1. The molecule has 1 amide bonds. The highest BCUT2D eigenvalue weighted by atomic mass is 16.4. The van der Waals surface area contributed by atoms with Gasteiger partial charge in [-0.25, -0.2) is 4.79 Å². The maximum atomic E-state index is 12.6. The number of hydrogen-bond acceptors (Lipinski definition) is 4. The van der Waals surface area contributed by atoms with Crippen molar-refractivity contribution in [2.24, 2.45) is 5.92 Å². The van der Waals surface area contributed by atoms with E-state index in [1.807, 2.05) is 6.07 Å². The van der Waals surface area contributed by atoms with Crippen LogP contribution in [0, 0.1) is 5.92 Å². The Morgan fingerprint density at radius 1 is 1.25 bits per heavy atom. The lowest BCUT2D eigenvalue weighted by atomic mass is 9.83. The molecule has 0 radical (unpaired) electrons. The summed E-state index contributed by atoms with van der Waals surface area (Å²) in [5, 5.41) is 12.7. The van der Waals surface area contributed by atoms with Crippen molar-refractivity contribution in [1.82, 2.24) is 10.3 Å². The number of carbonyl (C=O) groups is 3. The minimum absolute atomic E-state index is 0.0566. The Labute approximate surface area is 138 Å². The largest absolute Gasteiger partial charge is 0.480 e. The van der Waals surface area contributed by atoms with Gasteiger partial charge < -0.3 is 10.4 Å². The second-order valence-electron chi connectivity index (χ2n) is 6.06. The Morgan fingerprint density at radius 3 is 2.79 bits per heavy atom. The van der Waals surface area contributed by atoms with Crippen LogP contribution >= 0.6 is 0 Å². The number of fused-ring (bicyclic) bond motifs is 1. The maximum absolute atomic E-state index is 12.6. The van der Waals surface area contributed by atoms with Crippen LogP contribution < -0.4 is 5.32 Å². The first-order chi connectivity index (χ1) is 11.6. The van der Waals surface area contributed by atoms with Crippen LogP contribution in [0.4, 0.5) is 0 Å². The topological polar surface area (TPSA) is 96.4 Å². The third-order valence-corrected chi connectivity index (χ3v) is 4.44. The number of carbonyl (C=O) groups excluding carboxylic acids is 2. The summed E-state index contributed by atoms with van der Waals surface area (Å²) in [5.41, 5.74) is 1.05. The van der Waals surface area contributed by atoms with Crippen molar-refractivity contribution in [3.8, 4) is 0 Å². The minimum Gasteiger partial charge on any atom is -0.480 e. The van der Waals surface area contributed by atoms with Crippen LogP contribution in [0.1, 0.15) is 36.0 Å². The molecule has 6 nitrogen and oxygen atoms in total. The van der Waals surface area contributed by atoms with Crippen molar-refractivity contribution >= 4 is 28.6 Å². The quantitative estimate of drug-likeness (QED) is 0.897. The number of benzene rings is 1. The minimum atomic E-state index is -1.11. The molecule has 0 saturated heterocycles. The van der Waals surface area contributed by atoms with Crippen molar-refractivity contribution in [3.05, 3.63) is 42.1 Å². The van der Waals surface area contributed by atoms with Crippen LogP contribution in [0.5, 0.6) is 0 Å². The van der Waals surface area contributed by atoms with Crippen LogP contribution in [-0.2, 0) is 9.59 Å². The van der Waals surface area contributed by atoms with E-state index in [1.165, 1.54) is 6.20 Å². The molecule has 0 unspecified atom stereocenters. The third kappa shape index (κ3) is 3.27. The Balaban J connectivity index is 1.85. The summed E-state index contributed by atoms with van der Waals surface area (Å²) in [6.45, 7) is 0. The fourth-order valence-corrected chi connectivity index (χ4v) is 3.24. The number of Topliss-reactive ketones (excluding diaryl/α,β-unsaturated/α-hetero) is 1. The fourth-order valence-electron chi connectivity index (χ4n) is 3.24. The zero-order chi connectivity index (χ0) is 17.1. The Kier molecular flexibility index (Phi) is 4.55. The molecule has 0 spiro atoms. The molecule has 1 aliphatic rings. The predicted octanol–water partition coefficient (Wildman–Crippen LogP) is 2.18. The van der Waals surface area contributed by atoms with Crippen molar-refractivity contribution in [3.63, 3.8) is 0 Å². The second-order valence-corrected chi connectivity index (χ2v) is 6.06. The molecule has 2 aromatic rings.